The molecule has 4 rings (SSSR count). The van der Waals surface area contributed by atoms with Crippen molar-refractivity contribution >= 4 is 40.9 Å². The van der Waals surface area contributed by atoms with Gasteiger partial charge in [0.05, 0.1) is 10.7 Å². The van der Waals surface area contributed by atoms with Gasteiger partial charge in [0.15, 0.2) is 11.7 Å². The number of rotatable bonds is 5. The average Bonchev–Trinajstić information content (AvgIpc) is 3.33. The van der Waals surface area contributed by atoms with E-state index >= 15 is 0 Å². The van der Waals surface area contributed by atoms with Crippen molar-refractivity contribution in [3.05, 3.63) is 72.3 Å². The highest BCUT2D eigenvalue weighted by molar-refractivity contribution is 8.01. The molecular formula is C19H19N5S2. The van der Waals surface area contributed by atoms with Crippen molar-refractivity contribution in [2.45, 2.75) is 9.92 Å². The molecule has 2 N–H and O–H groups in total. The predicted molar refractivity (Wildman–Crippen MR) is 112 cm³/mol. The van der Waals surface area contributed by atoms with Crippen LogP contribution in [0.25, 0.3) is 0 Å². The van der Waals surface area contributed by atoms with Gasteiger partial charge in [0.25, 0.3) is 0 Å². The van der Waals surface area contributed by atoms with Crippen molar-refractivity contribution in [3.63, 3.8) is 0 Å². The lowest BCUT2D eigenvalue weighted by Crippen LogP contribution is -2.44. The number of benzene rings is 2. The molecule has 0 unspecified atom stereocenters. The van der Waals surface area contributed by atoms with Crippen LogP contribution in [0, 0.1) is 0 Å². The van der Waals surface area contributed by atoms with E-state index in [0.717, 1.165) is 27.9 Å². The van der Waals surface area contributed by atoms with Crippen molar-refractivity contribution in [3.8, 4) is 0 Å². The molecule has 132 valence electrons. The number of amidine groups is 1. The van der Waals surface area contributed by atoms with E-state index in [1.807, 2.05) is 58.8 Å². The first-order valence-electron chi connectivity index (χ1n) is 8.17. The monoisotopic (exact) mass is 381 g/mol. The predicted octanol–water partition coefficient (Wildman–Crippen LogP) is 4.57. The van der Waals surface area contributed by atoms with Gasteiger partial charge in [0.1, 0.15) is 0 Å². The summed E-state index contributed by atoms with van der Waals surface area (Å²) in [6.45, 7) is 0. The Hall–Kier alpha value is -2.51. The molecule has 1 aliphatic heterocycles. The summed E-state index contributed by atoms with van der Waals surface area (Å²) in [6.07, 6.45) is 4.16. The summed E-state index contributed by atoms with van der Waals surface area (Å²) in [4.78, 5) is 4.69. The number of H-pyrrole nitrogens is 1. The minimum atomic E-state index is 0.806. The number of hydrazine groups is 2. The number of nitrogens with zero attached hydrogens (tertiary/aromatic N) is 3. The number of hydrogen-bond donors (Lipinski definition) is 2. The molecule has 0 saturated carbocycles. The van der Waals surface area contributed by atoms with Crippen LogP contribution >= 0.6 is 23.5 Å². The molecule has 1 aliphatic rings. The molecule has 1 aromatic heterocycles. The molecule has 0 spiro atoms. The number of nitrogens with one attached hydrogen (secondary N) is 2. The number of para-hydroxylation sites is 1. The Kier molecular flexibility index (Phi) is 4.81. The Labute approximate surface area is 161 Å². The molecule has 2 heterocycles. The first kappa shape index (κ1) is 16.9. The maximum absolute atomic E-state index is 4.82. The van der Waals surface area contributed by atoms with E-state index in [1.54, 1.807) is 23.5 Å². The molecule has 5 nitrogen and oxygen atoms in total. The van der Waals surface area contributed by atoms with Crippen molar-refractivity contribution < 1.29 is 0 Å². The molecule has 0 bridgehead atoms. The van der Waals surface area contributed by atoms with Crippen LogP contribution in [0.4, 0.5) is 11.5 Å². The number of hydrogen-bond acceptors (Lipinski definition) is 6. The van der Waals surface area contributed by atoms with E-state index in [0.29, 0.717) is 0 Å². The van der Waals surface area contributed by atoms with E-state index in [9.17, 15) is 0 Å². The molecule has 0 fully saturated rings. The summed E-state index contributed by atoms with van der Waals surface area (Å²) >= 11 is 3.43. The molecule has 0 aliphatic carbocycles. The minimum absolute atomic E-state index is 0.806. The molecule has 0 atom stereocenters. The number of aromatic amines is 1. The summed E-state index contributed by atoms with van der Waals surface area (Å²) in [5.41, 5.74) is 5.46. The second-order valence-electron chi connectivity index (χ2n) is 5.62. The summed E-state index contributed by atoms with van der Waals surface area (Å²) in [6, 6.07) is 22.4. The van der Waals surface area contributed by atoms with Crippen LogP contribution in [0.3, 0.4) is 0 Å². The van der Waals surface area contributed by atoms with Gasteiger partial charge in [0, 0.05) is 10.5 Å². The Morgan fingerprint density at radius 3 is 2.19 bits per heavy atom. The Balaban J connectivity index is 1.76. The SMILES string of the molecule is CSc1cc(N2N=C(c3ccccc3)NN2c2ccccc2)[nH]c1SC. The lowest BCUT2D eigenvalue weighted by atomic mass is 10.2. The van der Waals surface area contributed by atoms with E-state index in [-0.39, 0.29) is 0 Å². The highest BCUT2D eigenvalue weighted by atomic mass is 32.2. The topological polar surface area (TPSA) is 46.7 Å². The van der Waals surface area contributed by atoms with Crippen molar-refractivity contribution in [2.24, 2.45) is 5.10 Å². The molecule has 7 heteroatoms. The van der Waals surface area contributed by atoms with E-state index in [4.69, 9.17) is 5.10 Å². The summed E-state index contributed by atoms with van der Waals surface area (Å²) in [7, 11) is 0. The number of aromatic nitrogens is 1. The van der Waals surface area contributed by atoms with Crippen molar-refractivity contribution in [2.75, 3.05) is 22.7 Å². The number of thioether (sulfide) groups is 2. The summed E-state index contributed by atoms with van der Waals surface area (Å²) < 4.78 is 0. The molecule has 0 radical (unpaired) electrons. The first-order valence-corrected chi connectivity index (χ1v) is 10.6. The van der Waals surface area contributed by atoms with Crippen LogP contribution in [-0.4, -0.2) is 23.3 Å². The van der Waals surface area contributed by atoms with Crippen LogP contribution < -0.4 is 15.7 Å². The van der Waals surface area contributed by atoms with Gasteiger partial charge < -0.3 is 4.98 Å². The number of hydrazone groups is 1. The largest absolute Gasteiger partial charge is 0.332 e. The van der Waals surface area contributed by atoms with Gasteiger partial charge in [-0.25, -0.2) is 0 Å². The zero-order valence-electron chi connectivity index (χ0n) is 14.5. The fourth-order valence-electron chi connectivity index (χ4n) is 2.75. The van der Waals surface area contributed by atoms with Crippen LogP contribution in [0.15, 0.2) is 81.8 Å². The fraction of sp³-hybridized carbons (Fsp3) is 0.105. The van der Waals surface area contributed by atoms with E-state index in [1.165, 1.54) is 4.90 Å². The summed E-state index contributed by atoms with van der Waals surface area (Å²) in [5.74, 6) is 1.72. The van der Waals surface area contributed by atoms with Crippen molar-refractivity contribution in [1.29, 1.82) is 0 Å². The summed E-state index contributed by atoms with van der Waals surface area (Å²) in [5, 5.41) is 9.79. The van der Waals surface area contributed by atoms with Crippen molar-refractivity contribution in [1.82, 2.24) is 10.4 Å². The van der Waals surface area contributed by atoms with Gasteiger partial charge in [-0.05, 0) is 30.7 Å². The minimum Gasteiger partial charge on any atom is -0.332 e. The molecule has 0 saturated heterocycles. The third kappa shape index (κ3) is 3.15. The number of anilines is 2. The van der Waals surface area contributed by atoms with Crippen LogP contribution in [0.5, 0.6) is 0 Å². The lowest BCUT2D eigenvalue weighted by molar-refractivity contribution is 0.759. The van der Waals surface area contributed by atoms with Gasteiger partial charge in [-0.1, -0.05) is 48.5 Å². The third-order valence-corrected chi connectivity index (χ3v) is 5.64. The van der Waals surface area contributed by atoms with Crippen LogP contribution in [0.2, 0.25) is 0 Å². The quantitative estimate of drug-likeness (QED) is 0.634. The van der Waals surface area contributed by atoms with E-state index in [2.05, 4.69) is 41.1 Å². The first-order chi connectivity index (χ1) is 12.8. The average molecular weight is 382 g/mol. The zero-order chi connectivity index (χ0) is 17.9. The maximum Gasteiger partial charge on any atom is 0.176 e. The standard InChI is InChI=1S/C19H19N5S2/c1-25-16-13-17(20-19(16)26-2)24-22-18(14-9-5-3-6-10-14)21-23(24)15-11-7-4-8-12-15/h3-13,20H,1-2H3,(H,21,22). The Morgan fingerprint density at radius 1 is 0.885 bits per heavy atom. The fourth-order valence-corrected chi connectivity index (χ4v) is 4.18. The van der Waals surface area contributed by atoms with Crippen LogP contribution in [0.1, 0.15) is 5.56 Å². The normalized spacial score (nSPS) is 13.7. The maximum atomic E-state index is 4.82. The molecule has 3 aromatic rings. The zero-order valence-corrected chi connectivity index (χ0v) is 16.1. The second kappa shape index (κ2) is 7.39. The second-order valence-corrected chi connectivity index (χ2v) is 7.28. The van der Waals surface area contributed by atoms with Gasteiger partial charge >= 0.3 is 0 Å². The smallest absolute Gasteiger partial charge is 0.176 e. The molecule has 0 amide bonds. The lowest BCUT2D eigenvalue weighted by Gasteiger charge is -2.26. The Morgan fingerprint density at radius 2 is 1.58 bits per heavy atom. The van der Waals surface area contributed by atoms with E-state index < -0.39 is 0 Å². The molecule has 26 heavy (non-hydrogen) atoms. The molecular weight excluding hydrogens is 362 g/mol. The van der Waals surface area contributed by atoms with Gasteiger partial charge in [-0.2, -0.15) is 5.12 Å². The van der Waals surface area contributed by atoms with Crippen LogP contribution in [-0.2, 0) is 0 Å². The van der Waals surface area contributed by atoms with Gasteiger partial charge in [0.2, 0.25) is 0 Å². The third-order valence-electron chi connectivity index (χ3n) is 4.02. The van der Waals surface area contributed by atoms with Gasteiger partial charge in [-0.3, -0.25) is 5.43 Å². The highest BCUT2D eigenvalue weighted by Crippen LogP contribution is 2.34. The molecule has 2 aromatic carbocycles. The Bertz CT molecular complexity index is 887. The highest BCUT2D eigenvalue weighted by Gasteiger charge is 2.28. The van der Waals surface area contributed by atoms with Gasteiger partial charge in [-0.15, -0.1) is 33.7 Å².